The molecule has 0 radical (unpaired) electrons. The lowest BCUT2D eigenvalue weighted by Gasteiger charge is -2.16. The highest BCUT2D eigenvalue weighted by molar-refractivity contribution is 6.38. The highest BCUT2D eigenvalue weighted by Crippen LogP contribution is 2.17. The molecule has 0 spiro atoms. The monoisotopic (exact) mass is 364 g/mol. The number of hydrogen-bond donors (Lipinski definition) is 3. The number of aromatic nitrogens is 4. The van der Waals surface area contributed by atoms with E-state index in [-0.39, 0.29) is 12.1 Å². The Bertz CT molecular complexity index is 955. The van der Waals surface area contributed by atoms with E-state index in [9.17, 15) is 14.4 Å². The molecular formula is C18H16N6O3. The number of amides is 2. The number of H-pyrrole nitrogens is 1. The van der Waals surface area contributed by atoms with Crippen LogP contribution >= 0.6 is 0 Å². The summed E-state index contributed by atoms with van der Waals surface area (Å²) >= 11 is 0. The van der Waals surface area contributed by atoms with E-state index in [4.69, 9.17) is 5.73 Å². The number of rotatable bonds is 7. The van der Waals surface area contributed by atoms with Crippen molar-refractivity contribution in [2.45, 2.75) is 12.5 Å². The minimum Gasteiger partial charge on any atom is -0.363 e. The Hall–Kier alpha value is -3.88. The fourth-order valence-corrected chi connectivity index (χ4v) is 2.53. The third-order valence-electron chi connectivity index (χ3n) is 3.80. The summed E-state index contributed by atoms with van der Waals surface area (Å²) in [4.78, 5) is 51.2. The maximum absolute atomic E-state index is 12.7. The molecule has 0 bridgehead atoms. The first-order valence-corrected chi connectivity index (χ1v) is 8.04. The number of nitrogens with two attached hydrogens (primary N) is 1. The zero-order valence-electron chi connectivity index (χ0n) is 14.1. The molecule has 3 aromatic rings. The van der Waals surface area contributed by atoms with Crippen LogP contribution in [0, 0.1) is 0 Å². The third kappa shape index (κ3) is 4.21. The highest BCUT2D eigenvalue weighted by atomic mass is 16.2. The minimum absolute atomic E-state index is 0.0778. The maximum Gasteiger partial charge on any atom is 0.287 e. The summed E-state index contributed by atoms with van der Waals surface area (Å²) in [6.45, 7) is 0. The van der Waals surface area contributed by atoms with Crippen molar-refractivity contribution in [3.05, 3.63) is 66.5 Å². The van der Waals surface area contributed by atoms with Crippen molar-refractivity contribution in [2.24, 2.45) is 5.73 Å². The predicted molar refractivity (Wildman–Crippen MR) is 95.2 cm³/mol. The SMILES string of the molecule is NC(=O)C(=O)C(Cc1cccnc1)NC(=O)c1[nH]cnc1-c1ccccn1. The van der Waals surface area contributed by atoms with Crippen molar-refractivity contribution in [2.75, 3.05) is 0 Å². The average Bonchev–Trinajstić information content (AvgIpc) is 3.18. The second kappa shape index (κ2) is 8.00. The van der Waals surface area contributed by atoms with Gasteiger partial charge in [-0.1, -0.05) is 12.1 Å². The lowest BCUT2D eigenvalue weighted by atomic mass is 10.0. The van der Waals surface area contributed by atoms with Crippen LogP contribution in [0.4, 0.5) is 0 Å². The molecule has 2 amide bonds. The molecule has 0 saturated carbocycles. The number of nitrogens with zero attached hydrogens (tertiary/aromatic N) is 3. The molecule has 0 aliphatic heterocycles. The van der Waals surface area contributed by atoms with E-state index in [1.165, 1.54) is 6.33 Å². The molecule has 0 aliphatic rings. The maximum atomic E-state index is 12.7. The molecule has 0 fully saturated rings. The van der Waals surface area contributed by atoms with Gasteiger partial charge in [0.1, 0.15) is 17.4 Å². The van der Waals surface area contributed by atoms with Gasteiger partial charge >= 0.3 is 0 Å². The standard InChI is InChI=1S/C18H16N6O3/c19-17(26)16(25)13(8-11-4-3-6-20-9-11)24-18(27)15-14(22-10-23-15)12-5-1-2-7-21-12/h1-7,9-10,13H,8H2,(H2,19,26)(H,22,23)(H,24,27). The fourth-order valence-electron chi connectivity index (χ4n) is 2.53. The van der Waals surface area contributed by atoms with Crippen LogP contribution in [0.5, 0.6) is 0 Å². The summed E-state index contributed by atoms with van der Waals surface area (Å²) in [6, 6.07) is 7.51. The van der Waals surface area contributed by atoms with Crippen LogP contribution in [0.2, 0.25) is 0 Å². The Morgan fingerprint density at radius 2 is 1.96 bits per heavy atom. The molecular weight excluding hydrogens is 348 g/mol. The number of ketones is 1. The first-order chi connectivity index (χ1) is 13.1. The van der Waals surface area contributed by atoms with Gasteiger partial charge in [0.15, 0.2) is 0 Å². The van der Waals surface area contributed by atoms with E-state index in [2.05, 4.69) is 25.3 Å². The van der Waals surface area contributed by atoms with Gasteiger partial charge in [0.05, 0.1) is 12.0 Å². The summed E-state index contributed by atoms with van der Waals surface area (Å²) in [5.74, 6) is -2.62. The lowest BCUT2D eigenvalue weighted by Crippen LogP contribution is -2.47. The normalized spacial score (nSPS) is 11.6. The third-order valence-corrected chi connectivity index (χ3v) is 3.80. The van der Waals surface area contributed by atoms with Crippen LogP contribution in [-0.2, 0) is 16.0 Å². The number of nitrogens with one attached hydrogen (secondary N) is 2. The van der Waals surface area contributed by atoms with Gasteiger partial charge in [0, 0.05) is 25.0 Å². The van der Waals surface area contributed by atoms with E-state index in [1.54, 1.807) is 48.9 Å². The van der Waals surface area contributed by atoms with Gasteiger partial charge in [-0.2, -0.15) is 0 Å². The lowest BCUT2D eigenvalue weighted by molar-refractivity contribution is -0.137. The Kier molecular flexibility index (Phi) is 5.31. The van der Waals surface area contributed by atoms with Gasteiger partial charge in [-0.25, -0.2) is 4.98 Å². The molecule has 3 rings (SSSR count). The largest absolute Gasteiger partial charge is 0.363 e. The number of primary amides is 1. The van der Waals surface area contributed by atoms with Gasteiger partial charge in [0.2, 0.25) is 5.78 Å². The van der Waals surface area contributed by atoms with E-state index >= 15 is 0 Å². The van der Waals surface area contributed by atoms with Gasteiger partial charge in [-0.3, -0.25) is 24.4 Å². The van der Waals surface area contributed by atoms with Crippen LogP contribution in [0.15, 0.2) is 55.2 Å². The van der Waals surface area contributed by atoms with Crippen LogP contribution in [0.25, 0.3) is 11.4 Å². The summed E-state index contributed by atoms with van der Waals surface area (Å²) < 4.78 is 0. The number of hydrogen-bond acceptors (Lipinski definition) is 6. The molecule has 136 valence electrons. The quantitative estimate of drug-likeness (QED) is 0.513. The second-order valence-corrected chi connectivity index (χ2v) is 5.66. The summed E-state index contributed by atoms with van der Waals surface area (Å²) in [7, 11) is 0. The Balaban J connectivity index is 1.84. The van der Waals surface area contributed by atoms with E-state index in [0.29, 0.717) is 17.0 Å². The number of imidazole rings is 1. The molecule has 0 aromatic carbocycles. The van der Waals surface area contributed by atoms with E-state index < -0.39 is 23.6 Å². The molecule has 1 unspecified atom stereocenters. The van der Waals surface area contributed by atoms with Gasteiger partial charge in [-0.15, -0.1) is 0 Å². The number of Topliss-reactive ketones (excluding diaryl/α,β-unsaturated/α-hetero) is 1. The molecule has 1 atom stereocenters. The first kappa shape index (κ1) is 17.9. The van der Waals surface area contributed by atoms with Gasteiger partial charge < -0.3 is 16.0 Å². The molecule has 4 N–H and O–H groups in total. The molecule has 0 aliphatic carbocycles. The molecule has 9 heteroatoms. The van der Waals surface area contributed by atoms with Crippen LogP contribution < -0.4 is 11.1 Å². The van der Waals surface area contributed by atoms with Crippen LogP contribution in [0.3, 0.4) is 0 Å². The fraction of sp³-hybridized carbons (Fsp3) is 0.111. The number of pyridine rings is 2. The summed E-state index contributed by atoms with van der Waals surface area (Å²) in [5, 5.41) is 2.54. The molecule has 9 nitrogen and oxygen atoms in total. The van der Waals surface area contributed by atoms with Gasteiger partial charge in [0.25, 0.3) is 11.8 Å². The number of aromatic amines is 1. The zero-order valence-corrected chi connectivity index (χ0v) is 14.1. The Morgan fingerprint density at radius 3 is 2.63 bits per heavy atom. The molecule has 0 saturated heterocycles. The molecule has 3 aromatic heterocycles. The topological polar surface area (TPSA) is 144 Å². The van der Waals surface area contributed by atoms with Crippen molar-refractivity contribution >= 4 is 17.6 Å². The number of carbonyl (C=O) groups is 3. The van der Waals surface area contributed by atoms with Crippen molar-refractivity contribution in [1.29, 1.82) is 0 Å². The summed E-state index contributed by atoms with van der Waals surface area (Å²) in [6.07, 6.45) is 6.13. The smallest absolute Gasteiger partial charge is 0.287 e. The molecule has 3 heterocycles. The average molecular weight is 364 g/mol. The van der Waals surface area contributed by atoms with Gasteiger partial charge in [-0.05, 0) is 23.8 Å². The molecule has 27 heavy (non-hydrogen) atoms. The van der Waals surface area contributed by atoms with E-state index in [1.807, 2.05) is 0 Å². The highest BCUT2D eigenvalue weighted by Gasteiger charge is 2.27. The van der Waals surface area contributed by atoms with Crippen LogP contribution in [-0.4, -0.2) is 43.6 Å². The summed E-state index contributed by atoms with van der Waals surface area (Å²) in [5.41, 5.74) is 6.75. The Labute approximate surface area is 154 Å². The van der Waals surface area contributed by atoms with Crippen molar-refractivity contribution < 1.29 is 14.4 Å². The second-order valence-electron chi connectivity index (χ2n) is 5.66. The minimum atomic E-state index is -1.13. The van der Waals surface area contributed by atoms with E-state index in [0.717, 1.165) is 0 Å². The van der Waals surface area contributed by atoms with Crippen molar-refractivity contribution in [3.63, 3.8) is 0 Å². The Morgan fingerprint density at radius 1 is 1.11 bits per heavy atom. The van der Waals surface area contributed by atoms with Crippen molar-refractivity contribution in [1.82, 2.24) is 25.3 Å². The van der Waals surface area contributed by atoms with Crippen molar-refractivity contribution in [3.8, 4) is 11.4 Å². The predicted octanol–water partition coefficient (Wildman–Crippen LogP) is 0.262. The first-order valence-electron chi connectivity index (χ1n) is 8.04. The van der Waals surface area contributed by atoms with Crippen LogP contribution in [0.1, 0.15) is 16.1 Å². The number of carbonyl (C=O) groups excluding carboxylic acids is 3. The zero-order chi connectivity index (χ0) is 19.2.